The first-order chi connectivity index (χ1) is 14.0. The number of carbonyl (C=O) groups excluding carboxylic acids is 1. The molecular formula is C20H22N4O5S. The van der Waals surface area contributed by atoms with Crippen molar-refractivity contribution in [2.75, 3.05) is 12.0 Å². The number of aromatic nitrogens is 2. The minimum Gasteiger partial charge on any atom is -0.384 e. The molecule has 2 aromatic heterocycles. The van der Waals surface area contributed by atoms with Crippen molar-refractivity contribution in [3.8, 4) is 11.1 Å². The number of nitrogen functional groups attached to an aromatic ring is 1. The van der Waals surface area contributed by atoms with Crippen molar-refractivity contribution >= 4 is 32.3 Å². The minimum absolute atomic E-state index is 0.0178. The number of rotatable bonds is 6. The van der Waals surface area contributed by atoms with Crippen LogP contribution in [0.3, 0.4) is 0 Å². The maximum atomic E-state index is 12.6. The van der Waals surface area contributed by atoms with E-state index in [0.29, 0.717) is 11.4 Å². The lowest BCUT2D eigenvalue weighted by atomic mass is 10.0. The van der Waals surface area contributed by atoms with Gasteiger partial charge in [-0.2, -0.15) is 0 Å². The van der Waals surface area contributed by atoms with Gasteiger partial charge in [0.1, 0.15) is 5.82 Å². The summed E-state index contributed by atoms with van der Waals surface area (Å²) >= 11 is 0. The third-order valence-corrected chi connectivity index (χ3v) is 7.33. The Balaban J connectivity index is 1.89. The van der Waals surface area contributed by atoms with Crippen molar-refractivity contribution in [2.24, 2.45) is 0 Å². The maximum absolute atomic E-state index is 12.6. The topological polar surface area (TPSA) is 144 Å². The highest BCUT2D eigenvalue weighted by Crippen LogP contribution is 2.25. The van der Waals surface area contributed by atoms with Crippen molar-refractivity contribution in [3.05, 3.63) is 59.1 Å². The molecule has 0 aliphatic carbocycles. The normalized spacial score (nSPS) is 13.7. The highest BCUT2D eigenvalue weighted by Gasteiger charge is 2.43. The number of hydroxylamine groups is 1. The van der Waals surface area contributed by atoms with Crippen LogP contribution in [-0.4, -0.2) is 40.1 Å². The number of amides is 1. The Hall–Kier alpha value is -3.24. The SMILES string of the molecule is C[C@@](CCn1ccc(-c2ccc3cnc(N)cc3c2)cc1=O)(C(=O)NO)S(C)(=O)=O. The average Bonchev–Trinajstić information content (AvgIpc) is 2.70. The molecule has 0 spiro atoms. The third kappa shape index (κ3) is 4.05. The molecule has 0 radical (unpaired) electrons. The van der Waals surface area contributed by atoms with Crippen molar-refractivity contribution in [1.29, 1.82) is 0 Å². The molecule has 1 atom stereocenters. The van der Waals surface area contributed by atoms with E-state index in [0.717, 1.165) is 22.6 Å². The lowest BCUT2D eigenvalue weighted by Crippen LogP contribution is -2.49. The second-order valence-electron chi connectivity index (χ2n) is 7.31. The number of aryl methyl sites for hydroxylation is 1. The van der Waals surface area contributed by atoms with Crippen LogP contribution in [0.25, 0.3) is 21.9 Å². The molecule has 3 aromatic rings. The number of hydrogen-bond donors (Lipinski definition) is 3. The van der Waals surface area contributed by atoms with E-state index < -0.39 is 20.5 Å². The summed E-state index contributed by atoms with van der Waals surface area (Å²) in [4.78, 5) is 28.5. The molecule has 1 aromatic carbocycles. The predicted octanol–water partition coefficient (Wildman–Crippen LogP) is 1.34. The largest absolute Gasteiger partial charge is 0.384 e. The zero-order valence-corrected chi connectivity index (χ0v) is 17.3. The van der Waals surface area contributed by atoms with Crippen LogP contribution in [0.5, 0.6) is 0 Å². The molecule has 30 heavy (non-hydrogen) atoms. The molecule has 10 heteroatoms. The van der Waals surface area contributed by atoms with Crippen molar-refractivity contribution in [3.63, 3.8) is 0 Å². The third-order valence-electron chi connectivity index (χ3n) is 5.30. The molecule has 2 heterocycles. The Kier molecular flexibility index (Phi) is 5.64. The molecule has 3 rings (SSSR count). The van der Waals surface area contributed by atoms with Gasteiger partial charge in [-0.1, -0.05) is 12.1 Å². The van der Waals surface area contributed by atoms with Gasteiger partial charge in [-0.25, -0.2) is 18.9 Å². The van der Waals surface area contributed by atoms with Gasteiger partial charge in [0.15, 0.2) is 14.6 Å². The summed E-state index contributed by atoms with van der Waals surface area (Å²) in [6.07, 6.45) is 3.95. The van der Waals surface area contributed by atoms with E-state index in [1.807, 2.05) is 18.2 Å². The number of sulfone groups is 1. The summed E-state index contributed by atoms with van der Waals surface area (Å²) in [6.45, 7) is 1.19. The highest BCUT2D eigenvalue weighted by molar-refractivity contribution is 7.92. The van der Waals surface area contributed by atoms with Gasteiger partial charge in [-0.3, -0.25) is 14.8 Å². The van der Waals surface area contributed by atoms with Gasteiger partial charge < -0.3 is 10.3 Å². The predicted molar refractivity (Wildman–Crippen MR) is 114 cm³/mol. The van der Waals surface area contributed by atoms with Gasteiger partial charge in [0.2, 0.25) is 0 Å². The Morgan fingerprint density at radius 3 is 2.53 bits per heavy atom. The molecule has 0 saturated heterocycles. The summed E-state index contributed by atoms with van der Waals surface area (Å²) in [6, 6.07) is 10.6. The van der Waals surface area contributed by atoms with E-state index in [1.54, 1.807) is 24.5 Å². The maximum Gasteiger partial charge on any atom is 0.264 e. The molecule has 0 aliphatic rings. The highest BCUT2D eigenvalue weighted by atomic mass is 32.2. The van der Waals surface area contributed by atoms with E-state index >= 15 is 0 Å². The van der Waals surface area contributed by atoms with Crippen LogP contribution in [0.15, 0.2) is 53.6 Å². The number of pyridine rings is 2. The van der Waals surface area contributed by atoms with E-state index in [4.69, 9.17) is 10.9 Å². The van der Waals surface area contributed by atoms with Crippen LogP contribution in [0, 0.1) is 0 Å². The van der Waals surface area contributed by atoms with Crippen LogP contribution in [0.1, 0.15) is 13.3 Å². The first-order valence-electron chi connectivity index (χ1n) is 9.05. The Labute approximate surface area is 173 Å². The molecule has 0 saturated carbocycles. The van der Waals surface area contributed by atoms with E-state index in [2.05, 4.69) is 4.98 Å². The van der Waals surface area contributed by atoms with Crippen LogP contribution in [-0.2, 0) is 21.2 Å². The molecule has 4 N–H and O–H groups in total. The summed E-state index contributed by atoms with van der Waals surface area (Å²) in [5, 5.41) is 10.7. The number of nitrogens with one attached hydrogen (secondary N) is 1. The summed E-state index contributed by atoms with van der Waals surface area (Å²) in [5.74, 6) is -0.643. The van der Waals surface area contributed by atoms with Crippen LogP contribution >= 0.6 is 0 Å². The van der Waals surface area contributed by atoms with Gasteiger partial charge in [-0.05, 0) is 48.1 Å². The quantitative estimate of drug-likeness (QED) is 0.395. The first kappa shape index (κ1) is 21.5. The summed E-state index contributed by atoms with van der Waals surface area (Å²) < 4.78 is 23.6. The summed E-state index contributed by atoms with van der Waals surface area (Å²) in [7, 11) is -3.84. The van der Waals surface area contributed by atoms with Crippen molar-refractivity contribution in [2.45, 2.75) is 24.6 Å². The van der Waals surface area contributed by atoms with Crippen molar-refractivity contribution < 1.29 is 18.4 Å². The Bertz CT molecular complexity index is 1290. The van der Waals surface area contributed by atoms with E-state index in [1.165, 1.54) is 23.0 Å². The number of benzene rings is 1. The zero-order chi connectivity index (χ0) is 22.1. The van der Waals surface area contributed by atoms with E-state index in [-0.39, 0.29) is 18.5 Å². The zero-order valence-electron chi connectivity index (χ0n) is 16.5. The fraction of sp³-hybridized carbons (Fsp3) is 0.250. The molecular weight excluding hydrogens is 408 g/mol. The van der Waals surface area contributed by atoms with Gasteiger partial charge >= 0.3 is 0 Å². The molecule has 1 amide bonds. The number of fused-ring (bicyclic) bond motifs is 1. The Morgan fingerprint density at radius 1 is 1.20 bits per heavy atom. The lowest BCUT2D eigenvalue weighted by molar-refractivity contribution is -0.131. The smallest absolute Gasteiger partial charge is 0.264 e. The molecule has 9 nitrogen and oxygen atoms in total. The van der Waals surface area contributed by atoms with Crippen LogP contribution in [0.4, 0.5) is 5.82 Å². The number of nitrogens with two attached hydrogens (primary N) is 1. The monoisotopic (exact) mass is 430 g/mol. The second-order valence-corrected chi connectivity index (χ2v) is 9.76. The van der Waals surface area contributed by atoms with Crippen LogP contribution < -0.4 is 16.8 Å². The number of nitrogens with zero attached hydrogens (tertiary/aromatic N) is 2. The van der Waals surface area contributed by atoms with Crippen molar-refractivity contribution in [1.82, 2.24) is 15.0 Å². The molecule has 0 unspecified atom stereocenters. The standard InChI is InChI=1S/C20H22N4O5S/c1-20(19(26)23-27,30(2,28)29)6-8-24-7-5-14(11-18(24)25)13-3-4-15-12-22-17(21)10-16(15)9-13/h3-5,7,9-12,27H,6,8H2,1-2H3,(H2,21,22)(H,23,26)/t20-/m1/s1. The van der Waals surface area contributed by atoms with Gasteiger partial charge in [0.05, 0.1) is 0 Å². The average molecular weight is 430 g/mol. The van der Waals surface area contributed by atoms with Gasteiger partial charge in [-0.15, -0.1) is 0 Å². The molecule has 0 aliphatic heterocycles. The molecule has 0 fully saturated rings. The lowest BCUT2D eigenvalue weighted by Gasteiger charge is -2.25. The minimum atomic E-state index is -3.84. The first-order valence-corrected chi connectivity index (χ1v) is 10.9. The number of carbonyl (C=O) groups is 1. The van der Waals surface area contributed by atoms with Crippen LogP contribution in [0.2, 0.25) is 0 Å². The number of anilines is 1. The molecule has 158 valence electrons. The fourth-order valence-corrected chi connectivity index (χ4v) is 3.97. The second kappa shape index (κ2) is 7.88. The Morgan fingerprint density at radius 2 is 1.90 bits per heavy atom. The van der Waals surface area contributed by atoms with E-state index in [9.17, 15) is 18.0 Å². The fourth-order valence-electron chi connectivity index (χ4n) is 3.13. The van der Waals surface area contributed by atoms with Gasteiger partial charge in [0, 0.05) is 36.6 Å². The molecule has 0 bridgehead atoms. The number of hydrogen-bond acceptors (Lipinski definition) is 7. The van der Waals surface area contributed by atoms with Gasteiger partial charge in [0.25, 0.3) is 11.5 Å². The summed E-state index contributed by atoms with van der Waals surface area (Å²) in [5.41, 5.74) is 8.29.